The number of hydrogen-bond donors (Lipinski definition) is 2. The van der Waals surface area contributed by atoms with Crippen LogP contribution in [0.1, 0.15) is 40.0 Å². The maximum Gasteiger partial charge on any atom is 0.255 e. The van der Waals surface area contributed by atoms with E-state index in [2.05, 4.69) is 44.1 Å². The summed E-state index contributed by atoms with van der Waals surface area (Å²) < 4.78 is 0. The summed E-state index contributed by atoms with van der Waals surface area (Å²) in [5, 5.41) is 3.34. The van der Waals surface area contributed by atoms with E-state index in [-0.39, 0.29) is 17.9 Å². The first-order valence-electron chi connectivity index (χ1n) is 11.8. The summed E-state index contributed by atoms with van der Waals surface area (Å²) in [6.45, 7) is 3.79. The standard InChI is InChI=1S/C27H30ClN7O/c1-17-21(8-5-18-6-10-24(30-2)31-16-18)25(33-27(29)32-17)19-7-9-22(23(28)15-19)26(36)35(4)20-11-13-34(3)14-12-20/h6-7,9-10,15-16,20H,11-14H2,1-4H3,(H,30,31)(H2,29,32,33). The zero-order valence-electron chi connectivity index (χ0n) is 21.0. The third-order valence-electron chi connectivity index (χ3n) is 6.49. The minimum atomic E-state index is -0.0861. The first-order chi connectivity index (χ1) is 17.3. The fraction of sp³-hybridized carbons (Fsp3) is 0.333. The monoisotopic (exact) mass is 503 g/mol. The number of carbonyl (C=O) groups excluding carboxylic acids is 1. The predicted molar refractivity (Wildman–Crippen MR) is 144 cm³/mol. The molecule has 36 heavy (non-hydrogen) atoms. The Morgan fingerprint density at radius 1 is 1.19 bits per heavy atom. The number of nitrogens with zero attached hydrogens (tertiary/aromatic N) is 5. The molecule has 1 aromatic carbocycles. The molecule has 3 N–H and O–H groups in total. The first-order valence-corrected chi connectivity index (χ1v) is 12.2. The summed E-state index contributed by atoms with van der Waals surface area (Å²) >= 11 is 6.63. The summed E-state index contributed by atoms with van der Waals surface area (Å²) in [7, 11) is 5.76. The molecule has 0 saturated carbocycles. The number of rotatable bonds is 4. The largest absolute Gasteiger partial charge is 0.373 e. The lowest BCUT2D eigenvalue weighted by Crippen LogP contribution is -2.44. The lowest BCUT2D eigenvalue weighted by atomic mass is 10.0. The number of nitrogens with one attached hydrogen (secondary N) is 1. The Kier molecular flexibility index (Phi) is 7.73. The smallest absolute Gasteiger partial charge is 0.255 e. The highest BCUT2D eigenvalue weighted by Gasteiger charge is 2.26. The Hall–Kier alpha value is -3.67. The minimum Gasteiger partial charge on any atom is -0.373 e. The number of benzene rings is 1. The molecule has 9 heteroatoms. The van der Waals surface area contributed by atoms with Crippen LogP contribution in [0, 0.1) is 18.8 Å². The number of nitrogens with two attached hydrogens (primary N) is 1. The normalized spacial score (nSPS) is 14.1. The van der Waals surface area contributed by atoms with Gasteiger partial charge in [0.1, 0.15) is 5.82 Å². The topological polar surface area (TPSA) is 100 Å². The van der Waals surface area contributed by atoms with Crippen LogP contribution in [0.2, 0.25) is 5.02 Å². The van der Waals surface area contributed by atoms with Gasteiger partial charge in [-0.05, 0) is 64.2 Å². The van der Waals surface area contributed by atoms with E-state index in [1.54, 1.807) is 18.3 Å². The van der Waals surface area contributed by atoms with Gasteiger partial charge in [0, 0.05) is 37.5 Å². The summed E-state index contributed by atoms with van der Waals surface area (Å²) in [4.78, 5) is 30.4. The van der Waals surface area contributed by atoms with E-state index in [4.69, 9.17) is 17.3 Å². The second kappa shape index (κ2) is 10.9. The van der Waals surface area contributed by atoms with Gasteiger partial charge in [0.2, 0.25) is 5.95 Å². The molecule has 2 aromatic heterocycles. The van der Waals surface area contributed by atoms with Crippen molar-refractivity contribution in [3.63, 3.8) is 0 Å². The average Bonchev–Trinajstić information content (AvgIpc) is 2.87. The van der Waals surface area contributed by atoms with Crippen molar-refractivity contribution in [3.8, 4) is 23.1 Å². The molecule has 3 heterocycles. The van der Waals surface area contributed by atoms with E-state index in [1.165, 1.54) is 0 Å². The molecule has 3 aromatic rings. The first kappa shape index (κ1) is 25.4. The third-order valence-corrected chi connectivity index (χ3v) is 6.80. The maximum absolute atomic E-state index is 13.2. The van der Waals surface area contributed by atoms with E-state index < -0.39 is 0 Å². The van der Waals surface area contributed by atoms with Crippen molar-refractivity contribution in [2.75, 3.05) is 45.3 Å². The number of aromatic nitrogens is 3. The molecule has 186 valence electrons. The molecule has 0 spiro atoms. The number of halogens is 1. The van der Waals surface area contributed by atoms with Gasteiger partial charge in [-0.15, -0.1) is 0 Å². The van der Waals surface area contributed by atoms with Gasteiger partial charge >= 0.3 is 0 Å². The molecule has 4 rings (SSSR count). The van der Waals surface area contributed by atoms with Crippen LogP contribution in [0.25, 0.3) is 11.3 Å². The van der Waals surface area contributed by atoms with Crippen LogP contribution in [-0.4, -0.2) is 70.9 Å². The number of aryl methyl sites for hydroxylation is 1. The highest BCUT2D eigenvalue weighted by atomic mass is 35.5. The Morgan fingerprint density at radius 2 is 1.94 bits per heavy atom. The minimum absolute atomic E-state index is 0.0861. The summed E-state index contributed by atoms with van der Waals surface area (Å²) in [6, 6.07) is 9.26. The second-order valence-corrected chi connectivity index (χ2v) is 9.38. The third kappa shape index (κ3) is 5.59. The van der Waals surface area contributed by atoms with E-state index in [0.29, 0.717) is 33.1 Å². The number of nitrogen functional groups attached to an aromatic ring is 1. The van der Waals surface area contributed by atoms with Gasteiger partial charge in [0.15, 0.2) is 0 Å². The Bertz CT molecular complexity index is 1320. The van der Waals surface area contributed by atoms with Crippen molar-refractivity contribution in [2.24, 2.45) is 0 Å². The van der Waals surface area contributed by atoms with Crippen molar-refractivity contribution in [1.82, 2.24) is 24.8 Å². The van der Waals surface area contributed by atoms with Crippen LogP contribution in [0.4, 0.5) is 11.8 Å². The zero-order chi connectivity index (χ0) is 25.8. The van der Waals surface area contributed by atoms with Crippen molar-refractivity contribution >= 4 is 29.3 Å². The highest BCUT2D eigenvalue weighted by molar-refractivity contribution is 6.34. The van der Waals surface area contributed by atoms with E-state index >= 15 is 0 Å². The molecule has 0 aliphatic carbocycles. The van der Waals surface area contributed by atoms with Crippen molar-refractivity contribution in [2.45, 2.75) is 25.8 Å². The lowest BCUT2D eigenvalue weighted by molar-refractivity contribution is 0.0660. The second-order valence-electron chi connectivity index (χ2n) is 8.97. The number of pyridine rings is 1. The molecule has 1 aliphatic rings. The molecule has 1 aliphatic heterocycles. The van der Waals surface area contributed by atoms with Crippen LogP contribution in [0.5, 0.6) is 0 Å². The van der Waals surface area contributed by atoms with E-state index in [0.717, 1.165) is 37.3 Å². The molecule has 8 nitrogen and oxygen atoms in total. The fourth-order valence-electron chi connectivity index (χ4n) is 4.28. The molecule has 0 unspecified atom stereocenters. The Morgan fingerprint density at radius 3 is 2.58 bits per heavy atom. The van der Waals surface area contributed by atoms with Crippen molar-refractivity contribution < 1.29 is 4.79 Å². The van der Waals surface area contributed by atoms with Crippen LogP contribution in [0.15, 0.2) is 36.5 Å². The zero-order valence-corrected chi connectivity index (χ0v) is 21.7. The van der Waals surface area contributed by atoms with Gasteiger partial charge < -0.3 is 20.9 Å². The van der Waals surface area contributed by atoms with Crippen molar-refractivity contribution in [3.05, 3.63) is 63.9 Å². The number of hydrogen-bond acceptors (Lipinski definition) is 7. The maximum atomic E-state index is 13.2. The van der Waals surface area contributed by atoms with Gasteiger partial charge in [0.25, 0.3) is 5.91 Å². The van der Waals surface area contributed by atoms with Crippen LogP contribution in [-0.2, 0) is 0 Å². The van der Waals surface area contributed by atoms with E-state index in [1.807, 2.05) is 44.1 Å². The Labute approximate surface area is 216 Å². The summed E-state index contributed by atoms with van der Waals surface area (Å²) in [5.41, 5.74) is 9.76. The van der Waals surface area contributed by atoms with Crippen LogP contribution >= 0.6 is 11.6 Å². The van der Waals surface area contributed by atoms with E-state index in [9.17, 15) is 4.79 Å². The fourth-order valence-corrected chi connectivity index (χ4v) is 4.54. The van der Waals surface area contributed by atoms with Crippen molar-refractivity contribution in [1.29, 1.82) is 0 Å². The molecule has 1 fully saturated rings. The molecular formula is C27H30ClN7O. The van der Waals surface area contributed by atoms with Gasteiger partial charge in [-0.2, -0.15) is 0 Å². The number of amides is 1. The van der Waals surface area contributed by atoms with Gasteiger partial charge in [-0.1, -0.05) is 29.5 Å². The summed E-state index contributed by atoms with van der Waals surface area (Å²) in [6.07, 6.45) is 3.59. The molecule has 1 saturated heterocycles. The van der Waals surface area contributed by atoms with Gasteiger partial charge in [-0.25, -0.2) is 15.0 Å². The van der Waals surface area contributed by atoms with Crippen LogP contribution in [0.3, 0.4) is 0 Å². The molecular weight excluding hydrogens is 474 g/mol. The summed E-state index contributed by atoms with van der Waals surface area (Å²) in [5.74, 6) is 7.11. The number of likely N-dealkylation sites (tertiary alicyclic amines) is 1. The number of anilines is 2. The SMILES string of the molecule is CNc1ccc(C#Cc2c(C)nc(N)nc2-c2ccc(C(=O)N(C)C3CCN(C)CC3)c(Cl)c2)cn1. The number of carbonyl (C=O) groups is 1. The quantitative estimate of drug-likeness (QED) is 0.524. The number of piperidine rings is 1. The lowest BCUT2D eigenvalue weighted by Gasteiger charge is -2.35. The predicted octanol–water partition coefficient (Wildman–Crippen LogP) is 3.69. The molecule has 0 bridgehead atoms. The highest BCUT2D eigenvalue weighted by Crippen LogP contribution is 2.29. The van der Waals surface area contributed by atoms with Crippen LogP contribution < -0.4 is 11.1 Å². The molecule has 1 amide bonds. The Balaban J connectivity index is 1.64. The van der Waals surface area contributed by atoms with Gasteiger partial charge in [0.05, 0.1) is 27.5 Å². The van der Waals surface area contributed by atoms with Gasteiger partial charge in [-0.3, -0.25) is 4.79 Å². The molecule has 0 radical (unpaired) electrons. The average molecular weight is 504 g/mol. The molecule has 0 atom stereocenters.